The van der Waals surface area contributed by atoms with Crippen LogP contribution in [0.25, 0.3) is 0 Å². The first-order valence-corrected chi connectivity index (χ1v) is 4.52. The van der Waals surface area contributed by atoms with Crippen LogP contribution in [-0.4, -0.2) is 44.1 Å². The van der Waals surface area contributed by atoms with Crippen molar-refractivity contribution in [1.29, 1.82) is 0 Å². The van der Waals surface area contributed by atoms with Gasteiger partial charge in [0.15, 0.2) is 6.79 Å². The Labute approximate surface area is 111 Å². The minimum absolute atomic E-state index is 0. The van der Waals surface area contributed by atoms with E-state index >= 15 is 0 Å². The molecule has 0 unspecified atom stereocenters. The molecule has 0 aliphatic rings. The monoisotopic (exact) mass is 272 g/mol. The standard InChI is InChI=1S/C9H11BrO3.Mg.2H/c1-11-6-13-9-5-7(12-2)3-4-8(9)10;;;/h3-5H,6H2,1-2H3;;;/q;+2;2*-1. The van der Waals surface area contributed by atoms with Gasteiger partial charge < -0.3 is 17.1 Å². The first-order valence-electron chi connectivity index (χ1n) is 3.73. The maximum Gasteiger partial charge on any atom is 2.00 e. The van der Waals surface area contributed by atoms with E-state index in [1.54, 1.807) is 20.3 Å². The van der Waals surface area contributed by atoms with Gasteiger partial charge in [-0.15, -0.1) is 0 Å². The number of hydrogen-bond donors (Lipinski definition) is 0. The largest absolute Gasteiger partial charge is 2.00 e. The van der Waals surface area contributed by atoms with E-state index in [1.165, 1.54) is 0 Å². The summed E-state index contributed by atoms with van der Waals surface area (Å²) in [5.74, 6) is 1.47. The second-order valence-corrected chi connectivity index (χ2v) is 3.20. The van der Waals surface area contributed by atoms with Gasteiger partial charge in [-0.05, 0) is 28.1 Å². The van der Waals surface area contributed by atoms with Crippen molar-refractivity contribution in [2.24, 2.45) is 0 Å². The van der Waals surface area contributed by atoms with E-state index in [0.717, 1.165) is 10.2 Å². The average Bonchev–Trinajstić information content (AvgIpc) is 2.17. The topological polar surface area (TPSA) is 27.7 Å². The molecule has 14 heavy (non-hydrogen) atoms. The van der Waals surface area contributed by atoms with Gasteiger partial charge in [-0.25, -0.2) is 0 Å². The van der Waals surface area contributed by atoms with E-state index in [0.29, 0.717) is 5.75 Å². The van der Waals surface area contributed by atoms with Crippen LogP contribution in [0, 0.1) is 0 Å². The first-order chi connectivity index (χ1) is 6.27. The summed E-state index contributed by atoms with van der Waals surface area (Å²) in [7, 11) is 3.19. The Morgan fingerprint density at radius 1 is 1.36 bits per heavy atom. The molecule has 0 aliphatic carbocycles. The molecule has 1 aromatic rings. The predicted molar refractivity (Wildman–Crippen MR) is 61.2 cm³/mol. The Hall–Kier alpha value is 0.0262. The number of methoxy groups -OCH3 is 2. The molecule has 0 saturated carbocycles. The van der Waals surface area contributed by atoms with E-state index in [9.17, 15) is 0 Å². The Morgan fingerprint density at radius 3 is 2.64 bits per heavy atom. The van der Waals surface area contributed by atoms with Gasteiger partial charge in [-0.1, -0.05) is 0 Å². The van der Waals surface area contributed by atoms with Gasteiger partial charge in [0.2, 0.25) is 0 Å². The number of benzene rings is 1. The molecule has 5 heteroatoms. The maximum atomic E-state index is 5.28. The minimum atomic E-state index is 0. The van der Waals surface area contributed by atoms with Gasteiger partial charge in [0.25, 0.3) is 0 Å². The molecule has 0 spiro atoms. The summed E-state index contributed by atoms with van der Waals surface area (Å²) in [5, 5.41) is 0. The molecule has 1 aromatic carbocycles. The van der Waals surface area contributed by atoms with Gasteiger partial charge in [0.1, 0.15) is 11.5 Å². The molecule has 0 fully saturated rings. The van der Waals surface area contributed by atoms with Crippen LogP contribution in [0.5, 0.6) is 11.5 Å². The van der Waals surface area contributed by atoms with Gasteiger partial charge in [0, 0.05) is 13.2 Å². The molecule has 0 aliphatic heterocycles. The van der Waals surface area contributed by atoms with Crippen molar-refractivity contribution in [3.8, 4) is 11.5 Å². The minimum Gasteiger partial charge on any atom is -1.00 e. The summed E-state index contributed by atoms with van der Waals surface area (Å²) in [4.78, 5) is 0. The van der Waals surface area contributed by atoms with Crippen LogP contribution in [0.3, 0.4) is 0 Å². The summed E-state index contributed by atoms with van der Waals surface area (Å²) < 4.78 is 16.0. The molecular formula is C9H13BrMgO3. The van der Waals surface area contributed by atoms with Crippen LogP contribution < -0.4 is 9.47 Å². The van der Waals surface area contributed by atoms with Crippen LogP contribution >= 0.6 is 15.9 Å². The van der Waals surface area contributed by atoms with Gasteiger partial charge >= 0.3 is 23.1 Å². The summed E-state index contributed by atoms with van der Waals surface area (Å²) in [6.07, 6.45) is 0. The molecular weight excluding hydrogens is 260 g/mol. The fraction of sp³-hybridized carbons (Fsp3) is 0.333. The van der Waals surface area contributed by atoms with Crippen molar-refractivity contribution in [3.63, 3.8) is 0 Å². The molecule has 3 nitrogen and oxygen atoms in total. The first kappa shape index (κ1) is 14.0. The van der Waals surface area contributed by atoms with Crippen molar-refractivity contribution < 1.29 is 17.1 Å². The van der Waals surface area contributed by atoms with E-state index < -0.39 is 0 Å². The van der Waals surface area contributed by atoms with Crippen molar-refractivity contribution in [2.45, 2.75) is 0 Å². The van der Waals surface area contributed by atoms with Crippen molar-refractivity contribution in [2.75, 3.05) is 21.0 Å². The van der Waals surface area contributed by atoms with Gasteiger partial charge in [-0.2, -0.15) is 0 Å². The molecule has 0 amide bonds. The Bertz CT molecular complexity index is 289. The normalized spacial score (nSPS) is 9.07. The molecule has 0 bridgehead atoms. The second-order valence-electron chi connectivity index (χ2n) is 2.35. The summed E-state index contributed by atoms with van der Waals surface area (Å²) in [6.45, 7) is 0.228. The van der Waals surface area contributed by atoms with E-state index in [2.05, 4.69) is 15.9 Å². The molecule has 0 radical (unpaired) electrons. The zero-order chi connectivity index (χ0) is 9.68. The quantitative estimate of drug-likeness (QED) is 0.622. The van der Waals surface area contributed by atoms with Crippen LogP contribution in [-0.2, 0) is 4.74 Å². The van der Waals surface area contributed by atoms with Gasteiger partial charge in [0.05, 0.1) is 11.6 Å². The molecule has 76 valence electrons. The molecule has 1 rings (SSSR count). The maximum absolute atomic E-state index is 5.28. The van der Waals surface area contributed by atoms with Crippen molar-refractivity contribution in [3.05, 3.63) is 22.7 Å². The zero-order valence-electron chi connectivity index (χ0n) is 10.2. The van der Waals surface area contributed by atoms with Crippen LogP contribution in [0.1, 0.15) is 2.85 Å². The third-order valence-corrected chi connectivity index (χ3v) is 2.13. The Balaban J connectivity index is -0.000000563. The summed E-state index contributed by atoms with van der Waals surface area (Å²) >= 11 is 3.35. The fourth-order valence-corrected chi connectivity index (χ4v) is 1.20. The summed E-state index contributed by atoms with van der Waals surface area (Å²) in [6, 6.07) is 5.51. The van der Waals surface area contributed by atoms with E-state index in [1.807, 2.05) is 12.1 Å². The van der Waals surface area contributed by atoms with E-state index in [4.69, 9.17) is 14.2 Å². The van der Waals surface area contributed by atoms with Crippen LogP contribution in [0.2, 0.25) is 0 Å². The summed E-state index contributed by atoms with van der Waals surface area (Å²) in [5.41, 5.74) is 0. The van der Waals surface area contributed by atoms with Crippen LogP contribution in [0.15, 0.2) is 22.7 Å². The van der Waals surface area contributed by atoms with Gasteiger partial charge in [-0.3, -0.25) is 0 Å². The van der Waals surface area contributed by atoms with E-state index in [-0.39, 0.29) is 32.7 Å². The Kier molecular flexibility index (Phi) is 7.35. The molecule has 0 heterocycles. The van der Waals surface area contributed by atoms with Crippen LogP contribution in [0.4, 0.5) is 0 Å². The molecule has 0 atom stereocenters. The van der Waals surface area contributed by atoms with Crippen molar-refractivity contribution in [1.82, 2.24) is 0 Å². The third kappa shape index (κ3) is 4.04. The second kappa shape index (κ2) is 7.34. The third-order valence-electron chi connectivity index (χ3n) is 1.47. The fourth-order valence-electron chi connectivity index (χ4n) is 0.844. The zero-order valence-corrected chi connectivity index (χ0v) is 11.2. The number of halogens is 1. The molecule has 0 aromatic heterocycles. The van der Waals surface area contributed by atoms with Crippen molar-refractivity contribution >= 4 is 39.0 Å². The smallest absolute Gasteiger partial charge is 1.00 e. The Morgan fingerprint density at radius 2 is 2.07 bits per heavy atom. The molecule has 0 N–H and O–H groups in total. The number of hydrogen-bond acceptors (Lipinski definition) is 3. The predicted octanol–water partition coefficient (Wildman–Crippen LogP) is 2.28. The molecule has 0 saturated heterocycles. The number of ether oxygens (including phenoxy) is 3. The number of rotatable bonds is 4. The SMILES string of the molecule is COCOc1cc(OC)ccc1Br.[H-].[H-].[Mg+2]. The average molecular weight is 273 g/mol.